The molecule has 0 fully saturated rings. The first-order chi connectivity index (χ1) is 14.7. The third kappa shape index (κ3) is 4.74. The van der Waals surface area contributed by atoms with E-state index in [1.54, 1.807) is 23.1 Å². The van der Waals surface area contributed by atoms with Crippen molar-refractivity contribution in [3.63, 3.8) is 0 Å². The van der Waals surface area contributed by atoms with Gasteiger partial charge in [-0.15, -0.1) is 11.3 Å². The predicted molar refractivity (Wildman–Crippen MR) is 113 cm³/mol. The number of alkyl halides is 3. The Hall–Kier alpha value is -3.27. The van der Waals surface area contributed by atoms with E-state index in [1.165, 1.54) is 23.5 Å². The largest absolute Gasteiger partial charge is 0.416 e. The van der Waals surface area contributed by atoms with Crippen LogP contribution in [0.3, 0.4) is 0 Å². The summed E-state index contributed by atoms with van der Waals surface area (Å²) in [5, 5.41) is 8.65. The van der Waals surface area contributed by atoms with E-state index in [-0.39, 0.29) is 18.1 Å². The lowest BCUT2D eigenvalue weighted by atomic mass is 10.0. The Balaban J connectivity index is 1.41. The zero-order valence-electron chi connectivity index (χ0n) is 16.6. The van der Waals surface area contributed by atoms with Crippen molar-refractivity contribution < 1.29 is 18.0 Å². The van der Waals surface area contributed by atoms with E-state index in [9.17, 15) is 18.0 Å². The highest BCUT2D eigenvalue weighted by atomic mass is 32.1. The van der Waals surface area contributed by atoms with E-state index in [0.717, 1.165) is 27.9 Å². The van der Waals surface area contributed by atoms with E-state index in [4.69, 9.17) is 0 Å². The van der Waals surface area contributed by atoms with Gasteiger partial charge in [-0.2, -0.15) is 18.3 Å². The lowest BCUT2D eigenvalue weighted by Gasteiger charge is -2.08. The molecule has 0 radical (unpaired) electrons. The minimum Gasteiger partial charge on any atom is -0.332 e. The van der Waals surface area contributed by atoms with Crippen LogP contribution in [0.15, 0.2) is 48.9 Å². The summed E-state index contributed by atoms with van der Waals surface area (Å²) in [4.78, 5) is 22.1. The molecule has 4 aromatic rings. The summed E-state index contributed by atoms with van der Waals surface area (Å²) in [5.41, 5.74) is 0.920. The summed E-state index contributed by atoms with van der Waals surface area (Å²) >= 11 is 1.36. The normalized spacial score (nSPS) is 12.8. The smallest absolute Gasteiger partial charge is 0.332 e. The lowest BCUT2D eigenvalue weighted by Crippen LogP contribution is -2.06. The van der Waals surface area contributed by atoms with Gasteiger partial charge in [0.05, 0.1) is 11.8 Å². The number of nitrogens with zero attached hydrogens (tertiary/aromatic N) is 4. The number of hydrogen-bond acceptors (Lipinski definition) is 6. The quantitative estimate of drug-likeness (QED) is 0.393. The van der Waals surface area contributed by atoms with Crippen molar-refractivity contribution in [1.82, 2.24) is 19.7 Å². The van der Waals surface area contributed by atoms with Crippen molar-refractivity contribution in [1.29, 1.82) is 0 Å². The van der Waals surface area contributed by atoms with Crippen LogP contribution in [0.2, 0.25) is 0 Å². The van der Waals surface area contributed by atoms with Crippen LogP contribution >= 0.6 is 11.3 Å². The number of nitrogens with one attached hydrogen (secondary N) is 1. The number of carbonyl (C=O) groups excluding carboxylic acids is 1. The number of thiazole rings is 1. The van der Waals surface area contributed by atoms with Crippen LogP contribution in [0.1, 0.15) is 40.2 Å². The van der Waals surface area contributed by atoms with Crippen LogP contribution in [0.4, 0.5) is 24.0 Å². The zero-order chi connectivity index (χ0) is 22.2. The monoisotopic (exact) mass is 445 g/mol. The standard InChI is InChI=1S/C21H18F3N5OS/c1-12(7-18(30)16-8-13-11-29(2)28-17(13)9-25-16)19-10-26-20(31-19)27-15-5-3-14(4-6-15)21(22,23)24/h3-6,8-12H,7H2,1-2H3,(H,26,27). The van der Waals surface area contributed by atoms with Gasteiger partial charge in [0.15, 0.2) is 10.9 Å². The van der Waals surface area contributed by atoms with Crippen LogP contribution in [0.5, 0.6) is 0 Å². The van der Waals surface area contributed by atoms with Gasteiger partial charge >= 0.3 is 6.18 Å². The molecule has 3 heterocycles. The Labute approximate surface area is 179 Å². The number of halogens is 3. The summed E-state index contributed by atoms with van der Waals surface area (Å²) in [6, 6.07) is 6.49. The summed E-state index contributed by atoms with van der Waals surface area (Å²) in [6.45, 7) is 1.93. The Kier molecular flexibility index (Phi) is 5.48. The Morgan fingerprint density at radius 1 is 1.19 bits per heavy atom. The number of carbonyl (C=O) groups is 1. The molecule has 31 heavy (non-hydrogen) atoms. The number of hydrogen-bond donors (Lipinski definition) is 1. The summed E-state index contributed by atoms with van der Waals surface area (Å²) in [6.07, 6.45) is 0.990. The number of ketones is 1. The molecule has 0 saturated heterocycles. The van der Waals surface area contributed by atoms with Crippen molar-refractivity contribution in [2.24, 2.45) is 7.05 Å². The number of rotatable bonds is 6. The number of anilines is 2. The van der Waals surface area contributed by atoms with E-state index < -0.39 is 11.7 Å². The second kappa shape index (κ2) is 8.10. The van der Waals surface area contributed by atoms with Crippen molar-refractivity contribution >= 4 is 38.8 Å². The average molecular weight is 445 g/mol. The van der Waals surface area contributed by atoms with Gasteiger partial charge in [-0.3, -0.25) is 14.5 Å². The molecule has 0 spiro atoms. The van der Waals surface area contributed by atoms with E-state index in [0.29, 0.717) is 16.5 Å². The number of pyridine rings is 1. The van der Waals surface area contributed by atoms with Crippen LogP contribution in [-0.4, -0.2) is 25.5 Å². The van der Waals surface area contributed by atoms with Gasteiger partial charge in [-0.25, -0.2) is 4.98 Å². The Bertz CT molecular complexity index is 1230. The fourth-order valence-corrected chi connectivity index (χ4v) is 4.01. The molecule has 0 saturated carbocycles. The van der Waals surface area contributed by atoms with Crippen LogP contribution < -0.4 is 5.32 Å². The number of aryl methyl sites for hydroxylation is 1. The third-order valence-electron chi connectivity index (χ3n) is 4.76. The first-order valence-electron chi connectivity index (χ1n) is 9.41. The fraction of sp³-hybridized carbons (Fsp3) is 0.238. The van der Waals surface area contributed by atoms with Crippen molar-refractivity contribution in [3.8, 4) is 0 Å². The molecule has 10 heteroatoms. The molecule has 0 bridgehead atoms. The molecule has 160 valence electrons. The summed E-state index contributed by atoms with van der Waals surface area (Å²) < 4.78 is 39.7. The molecular weight excluding hydrogens is 427 g/mol. The van der Waals surface area contributed by atoms with Crippen LogP contribution in [0, 0.1) is 0 Å². The van der Waals surface area contributed by atoms with Crippen LogP contribution in [0.25, 0.3) is 10.9 Å². The first-order valence-corrected chi connectivity index (χ1v) is 10.2. The molecule has 0 aliphatic rings. The SMILES string of the molecule is CC(CC(=O)c1cc2cn(C)nc2cn1)c1cnc(Nc2ccc(C(F)(F)F)cc2)s1. The molecule has 3 aromatic heterocycles. The van der Waals surface area contributed by atoms with Gasteiger partial charge in [-0.05, 0) is 36.2 Å². The zero-order valence-corrected chi connectivity index (χ0v) is 17.5. The molecule has 1 atom stereocenters. The van der Waals surface area contributed by atoms with Crippen molar-refractivity contribution in [3.05, 3.63) is 65.1 Å². The first kappa shape index (κ1) is 21.0. The number of Topliss-reactive ketones (excluding diaryl/α,β-unsaturated/α-hetero) is 1. The Morgan fingerprint density at radius 2 is 1.94 bits per heavy atom. The maximum Gasteiger partial charge on any atom is 0.416 e. The number of fused-ring (bicyclic) bond motifs is 1. The predicted octanol–water partition coefficient (Wildman–Crippen LogP) is 5.56. The number of benzene rings is 1. The summed E-state index contributed by atoms with van der Waals surface area (Å²) in [5.74, 6) is -0.163. The minimum atomic E-state index is -4.37. The second-order valence-corrected chi connectivity index (χ2v) is 8.29. The topological polar surface area (TPSA) is 72.7 Å². The van der Waals surface area contributed by atoms with E-state index >= 15 is 0 Å². The molecule has 6 nitrogen and oxygen atoms in total. The van der Waals surface area contributed by atoms with Gasteiger partial charge in [-0.1, -0.05) is 6.92 Å². The highest BCUT2D eigenvalue weighted by Crippen LogP contribution is 2.33. The van der Waals surface area contributed by atoms with Crippen molar-refractivity contribution in [2.45, 2.75) is 25.4 Å². The average Bonchev–Trinajstić information content (AvgIpc) is 3.32. The highest BCUT2D eigenvalue weighted by molar-refractivity contribution is 7.15. The molecule has 0 aliphatic heterocycles. The molecule has 1 unspecified atom stereocenters. The molecule has 4 rings (SSSR count). The molecular formula is C21H18F3N5OS. The minimum absolute atomic E-state index is 0.0797. The van der Waals surface area contributed by atoms with Gasteiger partial charge in [0.2, 0.25) is 0 Å². The molecule has 0 amide bonds. The molecule has 1 N–H and O–H groups in total. The molecule has 0 aliphatic carbocycles. The van der Waals surface area contributed by atoms with Crippen molar-refractivity contribution in [2.75, 3.05) is 5.32 Å². The second-order valence-electron chi connectivity index (χ2n) is 7.23. The third-order valence-corrected chi connectivity index (χ3v) is 5.90. The van der Waals surface area contributed by atoms with E-state index in [2.05, 4.69) is 20.4 Å². The fourth-order valence-electron chi connectivity index (χ4n) is 3.12. The van der Waals surface area contributed by atoms with Gasteiger partial charge in [0.25, 0.3) is 0 Å². The van der Waals surface area contributed by atoms with Crippen LogP contribution in [-0.2, 0) is 13.2 Å². The number of aromatic nitrogens is 4. The van der Waals surface area contributed by atoms with Gasteiger partial charge < -0.3 is 5.32 Å². The van der Waals surface area contributed by atoms with E-state index in [1.807, 2.05) is 20.2 Å². The maximum absolute atomic E-state index is 12.7. The van der Waals surface area contributed by atoms with Gasteiger partial charge in [0, 0.05) is 41.8 Å². The van der Waals surface area contributed by atoms with Gasteiger partial charge in [0.1, 0.15) is 11.2 Å². The Morgan fingerprint density at radius 3 is 2.65 bits per heavy atom. The molecule has 1 aromatic carbocycles. The summed E-state index contributed by atoms with van der Waals surface area (Å²) in [7, 11) is 1.81. The lowest BCUT2D eigenvalue weighted by molar-refractivity contribution is -0.137. The highest BCUT2D eigenvalue weighted by Gasteiger charge is 2.30. The maximum atomic E-state index is 12.7.